The summed E-state index contributed by atoms with van der Waals surface area (Å²) in [6.07, 6.45) is 0.858. The quantitative estimate of drug-likeness (QED) is 0.121. The Morgan fingerprint density at radius 1 is 0.698 bits per heavy atom. The van der Waals surface area contributed by atoms with Gasteiger partial charge in [-0.25, -0.2) is 9.59 Å². The van der Waals surface area contributed by atoms with Crippen molar-refractivity contribution in [1.82, 2.24) is 16.0 Å². The lowest BCUT2D eigenvalue weighted by atomic mass is 10.2. The van der Waals surface area contributed by atoms with E-state index in [-0.39, 0.29) is 38.2 Å². The van der Waals surface area contributed by atoms with Crippen LogP contribution in [0.15, 0.2) is 24.3 Å². The molecule has 0 heterocycles. The van der Waals surface area contributed by atoms with Gasteiger partial charge in [0, 0.05) is 26.3 Å². The van der Waals surface area contributed by atoms with E-state index in [4.69, 9.17) is 28.4 Å². The maximum atomic E-state index is 11.8. The normalized spacial score (nSPS) is 11.0. The average Bonchev–Trinajstić information content (AvgIpc) is 2.96. The topological polar surface area (TPSA) is 169 Å². The molecule has 1 aromatic carbocycles. The molecule has 0 aliphatic heterocycles. The van der Waals surface area contributed by atoms with E-state index in [1.165, 1.54) is 7.11 Å². The SMILES string of the molecule is COC(=O)c1cccc(OCCNC(=O)COCC(=O)NCCCOCCOCCOCCCNC(=O)OC(C)(C)C)c1. The maximum Gasteiger partial charge on any atom is 0.407 e. The van der Waals surface area contributed by atoms with Crippen molar-refractivity contribution in [3.05, 3.63) is 29.8 Å². The molecule has 244 valence electrons. The number of hydrogen-bond acceptors (Lipinski definition) is 11. The van der Waals surface area contributed by atoms with Gasteiger partial charge in [0.05, 0.1) is 45.6 Å². The van der Waals surface area contributed by atoms with Gasteiger partial charge in [-0.2, -0.15) is 0 Å². The zero-order chi connectivity index (χ0) is 31.8. The van der Waals surface area contributed by atoms with Gasteiger partial charge in [0.15, 0.2) is 0 Å². The molecule has 1 rings (SSSR count). The van der Waals surface area contributed by atoms with Crippen LogP contribution in [-0.2, 0) is 38.0 Å². The highest BCUT2D eigenvalue weighted by Gasteiger charge is 2.15. The number of carbonyl (C=O) groups is 4. The molecule has 43 heavy (non-hydrogen) atoms. The Bertz CT molecular complexity index is 954. The highest BCUT2D eigenvalue weighted by Crippen LogP contribution is 2.13. The van der Waals surface area contributed by atoms with E-state index in [9.17, 15) is 19.2 Å². The Labute approximate surface area is 253 Å². The summed E-state index contributed by atoms with van der Waals surface area (Å²) in [5.41, 5.74) is -0.146. The second-order valence-corrected chi connectivity index (χ2v) is 10.0. The third-order valence-corrected chi connectivity index (χ3v) is 5.08. The van der Waals surface area contributed by atoms with Crippen LogP contribution >= 0.6 is 0 Å². The summed E-state index contributed by atoms with van der Waals surface area (Å²) in [6.45, 7) is 8.97. The van der Waals surface area contributed by atoms with Gasteiger partial charge in [0.2, 0.25) is 11.8 Å². The van der Waals surface area contributed by atoms with Crippen molar-refractivity contribution in [1.29, 1.82) is 0 Å². The number of alkyl carbamates (subject to hydrolysis) is 1. The van der Waals surface area contributed by atoms with Crippen LogP contribution in [0.5, 0.6) is 5.75 Å². The van der Waals surface area contributed by atoms with Crippen molar-refractivity contribution < 1.29 is 52.3 Å². The fraction of sp³-hybridized carbons (Fsp3) is 0.655. The Hall–Kier alpha value is -3.46. The highest BCUT2D eigenvalue weighted by atomic mass is 16.6. The van der Waals surface area contributed by atoms with Crippen molar-refractivity contribution in [3.8, 4) is 5.75 Å². The Morgan fingerprint density at radius 3 is 1.84 bits per heavy atom. The molecule has 1 aromatic rings. The van der Waals surface area contributed by atoms with Crippen molar-refractivity contribution in [2.45, 2.75) is 39.2 Å². The fourth-order valence-corrected chi connectivity index (χ4v) is 3.15. The number of benzene rings is 1. The van der Waals surface area contributed by atoms with Crippen LogP contribution in [0.1, 0.15) is 44.0 Å². The van der Waals surface area contributed by atoms with Crippen LogP contribution in [0.2, 0.25) is 0 Å². The number of ether oxygens (including phenoxy) is 7. The number of nitrogens with one attached hydrogen (secondary N) is 3. The lowest BCUT2D eigenvalue weighted by Gasteiger charge is -2.19. The van der Waals surface area contributed by atoms with E-state index in [2.05, 4.69) is 20.7 Å². The van der Waals surface area contributed by atoms with Crippen LogP contribution in [-0.4, -0.2) is 116 Å². The molecule has 0 aromatic heterocycles. The molecule has 3 amide bonds. The minimum absolute atomic E-state index is 0.192. The monoisotopic (exact) mass is 613 g/mol. The van der Waals surface area contributed by atoms with E-state index in [1.54, 1.807) is 24.3 Å². The minimum atomic E-state index is -0.514. The summed E-state index contributed by atoms with van der Waals surface area (Å²) < 4.78 is 36.8. The summed E-state index contributed by atoms with van der Waals surface area (Å²) in [5, 5.41) is 7.98. The van der Waals surface area contributed by atoms with Gasteiger partial charge in [-0.3, -0.25) is 9.59 Å². The number of amides is 3. The molecule has 0 aliphatic rings. The Kier molecular flexibility index (Phi) is 20.1. The van der Waals surface area contributed by atoms with Crippen LogP contribution < -0.4 is 20.7 Å². The lowest BCUT2D eigenvalue weighted by Crippen LogP contribution is -2.34. The van der Waals surface area contributed by atoms with Crippen molar-refractivity contribution >= 4 is 23.9 Å². The molecule has 0 radical (unpaired) electrons. The van der Waals surface area contributed by atoms with Gasteiger partial charge in [-0.15, -0.1) is 0 Å². The van der Waals surface area contributed by atoms with E-state index >= 15 is 0 Å². The zero-order valence-corrected chi connectivity index (χ0v) is 25.7. The number of methoxy groups -OCH3 is 1. The van der Waals surface area contributed by atoms with Gasteiger partial charge < -0.3 is 49.1 Å². The summed E-state index contributed by atoms with van der Waals surface area (Å²) in [7, 11) is 1.30. The molecule has 3 N–H and O–H groups in total. The molecule has 0 atom stereocenters. The van der Waals surface area contributed by atoms with Gasteiger partial charge in [0.1, 0.15) is 31.2 Å². The third-order valence-electron chi connectivity index (χ3n) is 5.08. The van der Waals surface area contributed by atoms with E-state index < -0.39 is 17.7 Å². The first-order valence-electron chi connectivity index (χ1n) is 14.2. The van der Waals surface area contributed by atoms with Crippen molar-refractivity contribution in [2.75, 3.05) is 86.2 Å². The molecule has 0 aliphatic carbocycles. The fourth-order valence-electron chi connectivity index (χ4n) is 3.15. The summed E-state index contributed by atoms with van der Waals surface area (Å²) in [6, 6.07) is 6.52. The molecule has 0 bridgehead atoms. The minimum Gasteiger partial charge on any atom is -0.492 e. The summed E-state index contributed by atoms with van der Waals surface area (Å²) >= 11 is 0. The number of esters is 1. The maximum absolute atomic E-state index is 11.8. The van der Waals surface area contributed by atoms with Crippen LogP contribution in [0.3, 0.4) is 0 Å². The van der Waals surface area contributed by atoms with Gasteiger partial charge in [0.25, 0.3) is 0 Å². The smallest absolute Gasteiger partial charge is 0.407 e. The van der Waals surface area contributed by atoms with Crippen molar-refractivity contribution in [2.24, 2.45) is 0 Å². The molecule has 14 heteroatoms. The molecular formula is C29H47N3O11. The first kappa shape index (κ1) is 37.6. The average molecular weight is 614 g/mol. The number of carbonyl (C=O) groups excluding carboxylic acids is 4. The third kappa shape index (κ3) is 21.8. The van der Waals surface area contributed by atoms with Crippen molar-refractivity contribution in [3.63, 3.8) is 0 Å². The first-order valence-corrected chi connectivity index (χ1v) is 14.2. The lowest BCUT2D eigenvalue weighted by molar-refractivity contribution is -0.131. The van der Waals surface area contributed by atoms with Gasteiger partial charge in [-0.05, 0) is 51.8 Å². The summed E-state index contributed by atoms with van der Waals surface area (Å²) in [5.74, 6) is -0.696. The molecule has 0 spiro atoms. The molecule has 0 saturated heterocycles. The first-order chi connectivity index (χ1) is 20.6. The predicted molar refractivity (Wildman–Crippen MR) is 156 cm³/mol. The number of hydrogen-bond donors (Lipinski definition) is 3. The largest absolute Gasteiger partial charge is 0.492 e. The predicted octanol–water partition coefficient (Wildman–Crippen LogP) is 1.46. The second-order valence-electron chi connectivity index (χ2n) is 10.0. The van der Waals surface area contributed by atoms with Crippen LogP contribution in [0.25, 0.3) is 0 Å². The van der Waals surface area contributed by atoms with Crippen LogP contribution in [0.4, 0.5) is 4.79 Å². The Morgan fingerprint density at radius 2 is 1.26 bits per heavy atom. The number of rotatable bonds is 23. The zero-order valence-electron chi connectivity index (χ0n) is 25.7. The summed E-state index contributed by atoms with van der Waals surface area (Å²) in [4.78, 5) is 46.7. The molecule has 14 nitrogen and oxygen atoms in total. The molecule has 0 unspecified atom stereocenters. The standard InChI is InChI=1S/C29H47N3O11/c1-29(2,3)43-28(36)32-11-7-14-39-17-19-40-18-16-38-13-6-10-30-25(33)21-41-22-26(34)31-12-15-42-24-9-5-8-23(20-24)27(35)37-4/h5,8-9,20H,6-7,10-19,21-22H2,1-4H3,(H,30,33)(H,31,34)(H,32,36). The van der Waals surface area contributed by atoms with E-state index in [1.807, 2.05) is 20.8 Å². The van der Waals surface area contributed by atoms with Gasteiger partial charge in [-0.1, -0.05) is 6.07 Å². The molecule has 0 saturated carbocycles. The van der Waals surface area contributed by atoms with E-state index in [0.29, 0.717) is 76.9 Å². The molecule has 0 fully saturated rings. The van der Waals surface area contributed by atoms with E-state index in [0.717, 1.165) is 0 Å². The second kappa shape index (κ2) is 23.1. The Balaban J connectivity index is 1.87. The van der Waals surface area contributed by atoms with Gasteiger partial charge >= 0.3 is 12.1 Å². The van der Waals surface area contributed by atoms with Crippen LogP contribution in [0, 0.1) is 0 Å². The highest BCUT2D eigenvalue weighted by molar-refractivity contribution is 5.89. The molecular weight excluding hydrogens is 566 g/mol.